The summed E-state index contributed by atoms with van der Waals surface area (Å²) in [5.41, 5.74) is 0.558. The number of carboxylic acids is 1. The molecule has 1 heterocycles. The van der Waals surface area contributed by atoms with Gasteiger partial charge in [-0.15, -0.1) is 0 Å². The van der Waals surface area contributed by atoms with Gasteiger partial charge in [-0.05, 0) is 24.5 Å². The minimum absolute atomic E-state index is 0.0251. The van der Waals surface area contributed by atoms with Gasteiger partial charge in [0, 0.05) is 11.5 Å². The fraction of sp³-hybridized carbons (Fsp3) is 0.545. The summed E-state index contributed by atoms with van der Waals surface area (Å²) in [6.45, 7) is 0.138. The number of carbonyl (C=O) groups is 2. The Kier molecular flexibility index (Phi) is 7.78. The van der Waals surface area contributed by atoms with E-state index in [1.165, 1.54) is 32.1 Å². The number of amides is 1. The Bertz CT molecular complexity index is 784. The van der Waals surface area contributed by atoms with Crippen LogP contribution in [0.15, 0.2) is 34.9 Å². The van der Waals surface area contributed by atoms with Crippen LogP contribution in [-0.4, -0.2) is 27.1 Å². The molecule has 1 aromatic carbocycles. The van der Waals surface area contributed by atoms with Crippen LogP contribution in [0.1, 0.15) is 85.8 Å². The molecule has 1 aromatic heterocycles. The first-order chi connectivity index (χ1) is 14.1. The lowest BCUT2D eigenvalue weighted by atomic mass is 9.84. The van der Waals surface area contributed by atoms with Gasteiger partial charge < -0.3 is 14.9 Å². The number of carboxylic acid groups (broad SMARTS) is 1. The summed E-state index contributed by atoms with van der Waals surface area (Å²) >= 11 is 0. The molecule has 0 unspecified atom stereocenters. The summed E-state index contributed by atoms with van der Waals surface area (Å²) in [6, 6.07) is 8.90. The number of nitrogens with zero attached hydrogens (tertiary/aromatic N) is 2. The summed E-state index contributed by atoms with van der Waals surface area (Å²) in [5.74, 6) is 0.0890. The summed E-state index contributed by atoms with van der Waals surface area (Å²) in [5, 5.41) is 15.9. The van der Waals surface area contributed by atoms with Crippen molar-refractivity contribution in [2.75, 3.05) is 0 Å². The quantitative estimate of drug-likeness (QED) is 0.617. The molecule has 7 nitrogen and oxygen atoms in total. The Labute approximate surface area is 170 Å². The van der Waals surface area contributed by atoms with Gasteiger partial charge in [0.05, 0.1) is 13.0 Å². The van der Waals surface area contributed by atoms with Crippen molar-refractivity contribution < 1.29 is 19.2 Å². The van der Waals surface area contributed by atoms with Crippen molar-refractivity contribution in [3.05, 3.63) is 47.6 Å². The summed E-state index contributed by atoms with van der Waals surface area (Å²) < 4.78 is 5.33. The highest BCUT2D eigenvalue weighted by Gasteiger charge is 2.23. The predicted octanol–water partition coefficient (Wildman–Crippen LogP) is 4.31. The highest BCUT2D eigenvalue weighted by atomic mass is 16.5. The summed E-state index contributed by atoms with van der Waals surface area (Å²) in [7, 11) is 0. The van der Waals surface area contributed by atoms with Crippen LogP contribution in [0.3, 0.4) is 0 Å². The normalized spacial score (nSPS) is 15.7. The van der Waals surface area contributed by atoms with Crippen molar-refractivity contribution in [2.24, 2.45) is 5.92 Å². The first-order valence-electron chi connectivity index (χ1n) is 10.5. The zero-order valence-electron chi connectivity index (χ0n) is 16.7. The molecule has 2 aromatic rings. The number of benzene rings is 1. The molecule has 3 rings (SSSR count). The molecule has 0 radical (unpaired) electrons. The van der Waals surface area contributed by atoms with Gasteiger partial charge in [0.2, 0.25) is 5.89 Å². The second-order valence-corrected chi connectivity index (χ2v) is 7.83. The number of hydrogen-bond acceptors (Lipinski definition) is 5. The molecule has 0 aliphatic heterocycles. The van der Waals surface area contributed by atoms with Crippen molar-refractivity contribution >= 4 is 11.9 Å². The number of aliphatic carboxylic acids is 1. The molecule has 1 aliphatic carbocycles. The first-order valence-corrected chi connectivity index (χ1v) is 10.5. The van der Waals surface area contributed by atoms with Crippen molar-refractivity contribution in [1.82, 2.24) is 15.5 Å². The second kappa shape index (κ2) is 10.7. The van der Waals surface area contributed by atoms with Gasteiger partial charge in [-0.2, -0.15) is 4.98 Å². The van der Waals surface area contributed by atoms with Crippen LogP contribution in [-0.2, 0) is 11.3 Å². The maximum absolute atomic E-state index is 12.1. The lowest BCUT2D eigenvalue weighted by Gasteiger charge is -2.21. The summed E-state index contributed by atoms with van der Waals surface area (Å²) in [4.78, 5) is 27.7. The highest BCUT2D eigenvalue weighted by Crippen LogP contribution is 2.31. The Balaban J connectivity index is 1.52. The fourth-order valence-electron chi connectivity index (χ4n) is 4.01. The lowest BCUT2D eigenvalue weighted by molar-refractivity contribution is -0.137. The Morgan fingerprint density at radius 3 is 2.66 bits per heavy atom. The third kappa shape index (κ3) is 6.69. The van der Waals surface area contributed by atoms with Crippen LogP contribution >= 0.6 is 0 Å². The van der Waals surface area contributed by atoms with Gasteiger partial charge in [0.1, 0.15) is 0 Å². The van der Waals surface area contributed by atoms with E-state index in [-0.39, 0.29) is 24.8 Å². The zero-order valence-corrected chi connectivity index (χ0v) is 16.7. The molecule has 1 aliphatic rings. The number of hydrogen-bond donors (Lipinski definition) is 2. The van der Waals surface area contributed by atoms with Crippen molar-refractivity contribution in [1.29, 1.82) is 0 Å². The molecule has 29 heavy (non-hydrogen) atoms. The fourth-order valence-corrected chi connectivity index (χ4v) is 4.01. The van der Waals surface area contributed by atoms with Crippen molar-refractivity contribution in [3.63, 3.8) is 0 Å². The van der Waals surface area contributed by atoms with E-state index in [4.69, 9.17) is 4.52 Å². The minimum Gasteiger partial charge on any atom is -0.481 e. The van der Waals surface area contributed by atoms with Crippen molar-refractivity contribution in [3.8, 4) is 0 Å². The number of aromatic nitrogens is 2. The molecule has 1 saturated carbocycles. The number of rotatable bonds is 10. The maximum atomic E-state index is 12.1. The third-order valence-corrected chi connectivity index (χ3v) is 5.59. The average molecular weight is 399 g/mol. The van der Waals surface area contributed by atoms with Crippen LogP contribution in [0.5, 0.6) is 0 Å². The number of carbonyl (C=O) groups excluding carboxylic acids is 1. The van der Waals surface area contributed by atoms with E-state index in [2.05, 4.69) is 15.5 Å². The van der Waals surface area contributed by atoms with E-state index in [9.17, 15) is 14.7 Å². The largest absolute Gasteiger partial charge is 0.481 e. The molecule has 1 atom stereocenters. The van der Waals surface area contributed by atoms with Gasteiger partial charge in [0.25, 0.3) is 5.91 Å². The molecule has 0 bridgehead atoms. The maximum Gasteiger partial charge on any atom is 0.304 e. The molecular formula is C22H29N3O4. The average Bonchev–Trinajstić information content (AvgIpc) is 3.21. The van der Waals surface area contributed by atoms with E-state index in [0.717, 1.165) is 25.2 Å². The molecule has 1 fully saturated rings. The molecule has 0 saturated heterocycles. The van der Waals surface area contributed by atoms with Gasteiger partial charge in [-0.3, -0.25) is 9.59 Å². The van der Waals surface area contributed by atoms with Crippen LogP contribution in [0.4, 0.5) is 0 Å². The molecule has 156 valence electrons. The van der Waals surface area contributed by atoms with Gasteiger partial charge in [-0.25, -0.2) is 0 Å². The van der Waals surface area contributed by atoms with Crippen LogP contribution in [0, 0.1) is 5.92 Å². The van der Waals surface area contributed by atoms with Gasteiger partial charge in [0.15, 0.2) is 5.82 Å². The Morgan fingerprint density at radius 2 is 1.93 bits per heavy atom. The van der Waals surface area contributed by atoms with Crippen LogP contribution in [0.2, 0.25) is 0 Å². The van der Waals surface area contributed by atoms with Gasteiger partial charge in [-0.1, -0.05) is 68.3 Å². The van der Waals surface area contributed by atoms with E-state index < -0.39 is 5.97 Å². The third-order valence-electron chi connectivity index (χ3n) is 5.59. The predicted molar refractivity (Wildman–Crippen MR) is 107 cm³/mol. The Hall–Kier alpha value is -2.70. The minimum atomic E-state index is -0.871. The molecule has 2 N–H and O–H groups in total. The zero-order chi connectivity index (χ0) is 20.5. The second-order valence-electron chi connectivity index (χ2n) is 7.83. The smallest absolute Gasteiger partial charge is 0.304 e. The SMILES string of the molecule is O=C(O)C[C@@H](CCCC1CCCCC1)c1nc(CNC(=O)c2ccccc2)no1. The summed E-state index contributed by atoms with van der Waals surface area (Å²) in [6.07, 6.45) is 9.32. The van der Waals surface area contributed by atoms with Crippen molar-refractivity contribution in [2.45, 2.75) is 70.3 Å². The number of nitrogens with one attached hydrogen (secondary N) is 1. The standard InChI is InChI=1S/C22H29N3O4/c26-20(27)14-18(13-7-10-16-8-3-1-4-9-16)22-24-19(25-29-22)15-23-21(28)17-11-5-2-6-12-17/h2,5-6,11-12,16,18H,1,3-4,7-10,13-15H2,(H,23,28)(H,26,27)/t18-/m1/s1. The van der Waals surface area contributed by atoms with E-state index in [1.807, 2.05) is 6.07 Å². The van der Waals surface area contributed by atoms with E-state index >= 15 is 0 Å². The topological polar surface area (TPSA) is 105 Å². The molecule has 0 spiro atoms. The molecule has 1 amide bonds. The highest BCUT2D eigenvalue weighted by molar-refractivity contribution is 5.93. The van der Waals surface area contributed by atoms with Gasteiger partial charge >= 0.3 is 5.97 Å². The Morgan fingerprint density at radius 1 is 1.17 bits per heavy atom. The molecule has 7 heteroatoms. The first kappa shape index (κ1) is 21.0. The van der Waals surface area contributed by atoms with Crippen LogP contribution < -0.4 is 5.32 Å². The van der Waals surface area contributed by atoms with E-state index in [0.29, 0.717) is 17.3 Å². The van der Waals surface area contributed by atoms with Crippen LogP contribution in [0.25, 0.3) is 0 Å². The monoisotopic (exact) mass is 399 g/mol. The van der Waals surface area contributed by atoms with E-state index in [1.54, 1.807) is 24.3 Å². The lowest BCUT2D eigenvalue weighted by Crippen LogP contribution is -2.23. The molecular weight excluding hydrogens is 370 g/mol.